The third kappa shape index (κ3) is 5.96. The van der Waals surface area contributed by atoms with Crippen LogP contribution >= 0.6 is 0 Å². The molecule has 0 aromatic heterocycles. The molecule has 2 aliphatic rings. The number of anilines is 3. The van der Waals surface area contributed by atoms with Crippen molar-refractivity contribution in [3.8, 4) is 5.75 Å². The molecule has 2 fully saturated rings. The van der Waals surface area contributed by atoms with Crippen molar-refractivity contribution in [2.75, 3.05) is 48.4 Å². The van der Waals surface area contributed by atoms with E-state index in [1.165, 1.54) is 0 Å². The molecule has 176 valence electrons. The number of rotatable bonds is 8. The number of amides is 3. The molecular weight excluding hydrogens is 420 g/mol. The van der Waals surface area contributed by atoms with Crippen LogP contribution in [0.5, 0.6) is 5.75 Å². The number of hydrogen-bond acceptors (Lipinski definition) is 5. The van der Waals surface area contributed by atoms with Crippen molar-refractivity contribution in [3.63, 3.8) is 0 Å². The van der Waals surface area contributed by atoms with Gasteiger partial charge in [-0.15, -0.1) is 0 Å². The van der Waals surface area contributed by atoms with E-state index in [0.717, 1.165) is 51.1 Å². The maximum atomic E-state index is 13.1. The van der Waals surface area contributed by atoms with Crippen molar-refractivity contribution >= 4 is 29.0 Å². The summed E-state index contributed by atoms with van der Waals surface area (Å²) in [6.45, 7) is 5.49. The Morgan fingerprint density at radius 3 is 2.67 bits per heavy atom. The molecule has 3 N–H and O–H groups in total. The SMILES string of the molecule is CCOc1ccccc1NC(=O)Nc1ccc(N2CCCC2)c(C(=O)NCC2CCCO2)c1. The minimum atomic E-state index is -0.401. The Hall–Kier alpha value is -3.26. The third-order valence-corrected chi connectivity index (χ3v) is 5.90. The second kappa shape index (κ2) is 11.0. The lowest BCUT2D eigenvalue weighted by atomic mass is 10.1. The number of para-hydroxylation sites is 2. The minimum absolute atomic E-state index is 0.0710. The number of benzene rings is 2. The second-order valence-corrected chi connectivity index (χ2v) is 8.28. The van der Waals surface area contributed by atoms with Crippen LogP contribution in [0, 0.1) is 0 Å². The molecule has 3 amide bonds. The van der Waals surface area contributed by atoms with Crippen LogP contribution in [-0.4, -0.2) is 50.9 Å². The molecule has 1 atom stereocenters. The average Bonchev–Trinajstić information content (AvgIpc) is 3.53. The van der Waals surface area contributed by atoms with Gasteiger partial charge in [-0.2, -0.15) is 0 Å². The van der Waals surface area contributed by atoms with Gasteiger partial charge in [0.25, 0.3) is 5.91 Å². The first-order valence-electron chi connectivity index (χ1n) is 11.7. The van der Waals surface area contributed by atoms with Crippen LogP contribution in [0.4, 0.5) is 21.9 Å². The molecule has 0 spiro atoms. The number of carbonyl (C=O) groups excluding carboxylic acids is 2. The molecule has 2 aromatic rings. The third-order valence-electron chi connectivity index (χ3n) is 5.90. The molecule has 8 heteroatoms. The highest BCUT2D eigenvalue weighted by Gasteiger charge is 2.22. The lowest BCUT2D eigenvalue weighted by molar-refractivity contribution is 0.0858. The highest BCUT2D eigenvalue weighted by molar-refractivity contribution is 6.04. The van der Waals surface area contributed by atoms with Crippen molar-refractivity contribution in [1.82, 2.24) is 5.32 Å². The molecule has 4 rings (SSSR count). The standard InChI is InChI=1S/C25H32N4O4/c1-2-32-23-10-4-3-9-21(23)28-25(31)27-18-11-12-22(29-13-5-6-14-29)20(16-18)24(30)26-17-19-8-7-15-33-19/h3-4,9-12,16,19H,2,5-8,13-15,17H2,1H3,(H,26,30)(H2,27,28,31). The number of carbonyl (C=O) groups is 2. The van der Waals surface area contributed by atoms with Crippen molar-refractivity contribution in [2.24, 2.45) is 0 Å². The van der Waals surface area contributed by atoms with Gasteiger partial charge >= 0.3 is 6.03 Å². The quantitative estimate of drug-likeness (QED) is 0.557. The van der Waals surface area contributed by atoms with E-state index >= 15 is 0 Å². The van der Waals surface area contributed by atoms with Gasteiger partial charge in [0, 0.05) is 37.6 Å². The van der Waals surface area contributed by atoms with E-state index in [2.05, 4.69) is 20.9 Å². The second-order valence-electron chi connectivity index (χ2n) is 8.28. The molecule has 2 saturated heterocycles. The van der Waals surface area contributed by atoms with Crippen LogP contribution in [0.3, 0.4) is 0 Å². The zero-order valence-corrected chi connectivity index (χ0v) is 19.1. The van der Waals surface area contributed by atoms with Crippen molar-refractivity contribution < 1.29 is 19.1 Å². The predicted molar refractivity (Wildman–Crippen MR) is 129 cm³/mol. The molecule has 2 aliphatic heterocycles. The molecule has 8 nitrogen and oxygen atoms in total. The van der Waals surface area contributed by atoms with Gasteiger partial charge in [0.05, 0.1) is 24.0 Å². The monoisotopic (exact) mass is 452 g/mol. The number of ether oxygens (including phenoxy) is 2. The van der Waals surface area contributed by atoms with E-state index in [1.807, 2.05) is 31.2 Å². The Morgan fingerprint density at radius 2 is 1.91 bits per heavy atom. The van der Waals surface area contributed by atoms with E-state index < -0.39 is 6.03 Å². The summed E-state index contributed by atoms with van der Waals surface area (Å²) in [6, 6.07) is 12.4. The Kier molecular flexibility index (Phi) is 7.67. The number of urea groups is 1. The van der Waals surface area contributed by atoms with Crippen LogP contribution in [0.1, 0.15) is 43.0 Å². The Bertz CT molecular complexity index is 969. The zero-order chi connectivity index (χ0) is 23.0. The summed E-state index contributed by atoms with van der Waals surface area (Å²) >= 11 is 0. The Morgan fingerprint density at radius 1 is 1.09 bits per heavy atom. The van der Waals surface area contributed by atoms with E-state index in [9.17, 15) is 9.59 Å². The summed E-state index contributed by atoms with van der Waals surface area (Å²) in [6.07, 6.45) is 4.28. The number of hydrogen-bond donors (Lipinski definition) is 3. The molecule has 0 radical (unpaired) electrons. The van der Waals surface area contributed by atoms with Gasteiger partial charge in [-0.3, -0.25) is 4.79 Å². The summed E-state index contributed by atoms with van der Waals surface area (Å²) in [4.78, 5) is 28.0. The maximum Gasteiger partial charge on any atom is 0.323 e. The molecule has 1 unspecified atom stereocenters. The smallest absolute Gasteiger partial charge is 0.323 e. The van der Waals surface area contributed by atoms with Crippen LogP contribution < -0.4 is 25.6 Å². The highest BCUT2D eigenvalue weighted by Crippen LogP contribution is 2.28. The van der Waals surface area contributed by atoms with E-state index in [1.54, 1.807) is 18.2 Å². The molecule has 2 heterocycles. The predicted octanol–water partition coefficient (Wildman–Crippen LogP) is 4.24. The van der Waals surface area contributed by atoms with Gasteiger partial charge in [-0.05, 0) is 62.9 Å². The van der Waals surface area contributed by atoms with Gasteiger partial charge < -0.3 is 30.3 Å². The first kappa shape index (κ1) is 22.9. The van der Waals surface area contributed by atoms with E-state index in [4.69, 9.17) is 9.47 Å². The molecule has 2 aromatic carbocycles. The van der Waals surface area contributed by atoms with Crippen molar-refractivity contribution in [2.45, 2.75) is 38.7 Å². The molecule has 33 heavy (non-hydrogen) atoms. The van der Waals surface area contributed by atoms with E-state index in [-0.39, 0.29) is 12.0 Å². The fraction of sp³-hybridized carbons (Fsp3) is 0.440. The number of nitrogens with zero attached hydrogens (tertiary/aromatic N) is 1. The van der Waals surface area contributed by atoms with Crippen molar-refractivity contribution in [1.29, 1.82) is 0 Å². The molecule has 0 bridgehead atoms. The van der Waals surface area contributed by atoms with Crippen LogP contribution in [0.25, 0.3) is 0 Å². The fourth-order valence-corrected chi connectivity index (χ4v) is 4.27. The van der Waals surface area contributed by atoms with Gasteiger partial charge in [-0.25, -0.2) is 4.79 Å². The number of nitrogens with one attached hydrogen (secondary N) is 3. The summed E-state index contributed by atoms with van der Waals surface area (Å²) in [5, 5.41) is 8.67. The van der Waals surface area contributed by atoms with Gasteiger partial charge in [0.1, 0.15) is 5.75 Å². The zero-order valence-electron chi connectivity index (χ0n) is 19.1. The van der Waals surface area contributed by atoms with Crippen molar-refractivity contribution in [3.05, 3.63) is 48.0 Å². The van der Waals surface area contributed by atoms with Crippen LogP contribution in [-0.2, 0) is 4.74 Å². The molecule has 0 saturated carbocycles. The average molecular weight is 453 g/mol. The highest BCUT2D eigenvalue weighted by atomic mass is 16.5. The molecular formula is C25H32N4O4. The largest absolute Gasteiger partial charge is 0.492 e. The van der Waals surface area contributed by atoms with Crippen LogP contribution in [0.15, 0.2) is 42.5 Å². The minimum Gasteiger partial charge on any atom is -0.492 e. The Balaban J connectivity index is 1.48. The first-order chi connectivity index (χ1) is 16.1. The fourth-order valence-electron chi connectivity index (χ4n) is 4.27. The van der Waals surface area contributed by atoms with Crippen LogP contribution in [0.2, 0.25) is 0 Å². The maximum absolute atomic E-state index is 13.1. The summed E-state index contributed by atoms with van der Waals surface area (Å²) in [5.74, 6) is 0.451. The van der Waals surface area contributed by atoms with E-state index in [0.29, 0.717) is 35.8 Å². The van der Waals surface area contributed by atoms with Gasteiger partial charge in [0.2, 0.25) is 0 Å². The normalized spacial score (nSPS) is 17.6. The lowest BCUT2D eigenvalue weighted by Gasteiger charge is -2.22. The molecule has 0 aliphatic carbocycles. The van der Waals surface area contributed by atoms with Gasteiger partial charge in [-0.1, -0.05) is 12.1 Å². The topological polar surface area (TPSA) is 91.9 Å². The van der Waals surface area contributed by atoms with Gasteiger partial charge in [0.15, 0.2) is 0 Å². The first-order valence-corrected chi connectivity index (χ1v) is 11.7. The lowest BCUT2D eigenvalue weighted by Crippen LogP contribution is -2.33. The summed E-state index contributed by atoms with van der Waals surface area (Å²) < 4.78 is 11.2. The Labute approximate surface area is 194 Å². The summed E-state index contributed by atoms with van der Waals surface area (Å²) in [7, 11) is 0. The summed E-state index contributed by atoms with van der Waals surface area (Å²) in [5.41, 5.74) is 2.58.